The quantitative estimate of drug-likeness (QED) is 0.735. The van der Waals surface area contributed by atoms with Crippen molar-refractivity contribution < 1.29 is 4.39 Å². The largest absolute Gasteiger partial charge is 0.319 e. The first-order chi connectivity index (χ1) is 7.79. The lowest BCUT2D eigenvalue weighted by Gasteiger charge is -2.17. The Bertz CT molecular complexity index is 304. The van der Waals surface area contributed by atoms with E-state index in [2.05, 4.69) is 11.6 Å². The maximum Gasteiger partial charge on any atom is 0.126 e. The molecule has 0 spiro atoms. The van der Waals surface area contributed by atoms with Gasteiger partial charge in [0.2, 0.25) is 0 Å². The molecular formula is C13H20FNS. The SMILES string of the molecule is CNCC(CCCSC)c1ccccc1F. The fraction of sp³-hybridized carbons (Fsp3) is 0.538. The van der Waals surface area contributed by atoms with Crippen LogP contribution in [0.1, 0.15) is 24.3 Å². The van der Waals surface area contributed by atoms with Gasteiger partial charge in [-0.3, -0.25) is 0 Å². The lowest BCUT2D eigenvalue weighted by molar-refractivity contribution is 0.532. The van der Waals surface area contributed by atoms with Gasteiger partial charge in [0, 0.05) is 6.54 Å². The topological polar surface area (TPSA) is 12.0 Å². The van der Waals surface area contributed by atoms with Gasteiger partial charge in [-0.2, -0.15) is 11.8 Å². The van der Waals surface area contributed by atoms with Crippen LogP contribution >= 0.6 is 11.8 Å². The third-order valence-electron chi connectivity index (χ3n) is 2.70. The van der Waals surface area contributed by atoms with E-state index in [0.717, 1.165) is 30.7 Å². The number of likely N-dealkylation sites (N-methyl/N-ethyl adjacent to an activating group) is 1. The van der Waals surface area contributed by atoms with E-state index in [4.69, 9.17) is 0 Å². The Kier molecular flexibility index (Phi) is 6.50. The molecule has 0 aliphatic heterocycles. The van der Waals surface area contributed by atoms with Crippen LogP contribution in [0.2, 0.25) is 0 Å². The van der Waals surface area contributed by atoms with Crippen molar-refractivity contribution in [1.29, 1.82) is 0 Å². The molecule has 90 valence electrons. The molecule has 1 unspecified atom stereocenters. The molecule has 0 aromatic heterocycles. The van der Waals surface area contributed by atoms with Gasteiger partial charge in [-0.25, -0.2) is 4.39 Å². The van der Waals surface area contributed by atoms with Crippen molar-refractivity contribution in [2.75, 3.05) is 25.6 Å². The molecule has 16 heavy (non-hydrogen) atoms. The normalized spacial score (nSPS) is 12.7. The van der Waals surface area contributed by atoms with Crippen LogP contribution < -0.4 is 5.32 Å². The van der Waals surface area contributed by atoms with Crippen molar-refractivity contribution in [1.82, 2.24) is 5.32 Å². The molecule has 1 atom stereocenters. The fourth-order valence-electron chi connectivity index (χ4n) is 1.89. The van der Waals surface area contributed by atoms with Gasteiger partial charge in [-0.15, -0.1) is 0 Å². The summed E-state index contributed by atoms with van der Waals surface area (Å²) in [5.41, 5.74) is 0.845. The fourth-order valence-corrected chi connectivity index (χ4v) is 2.35. The van der Waals surface area contributed by atoms with Gasteiger partial charge in [0.1, 0.15) is 5.82 Å². The molecule has 0 radical (unpaired) electrons. The van der Waals surface area contributed by atoms with Gasteiger partial charge < -0.3 is 5.32 Å². The highest BCUT2D eigenvalue weighted by molar-refractivity contribution is 7.98. The number of nitrogens with one attached hydrogen (secondary N) is 1. The second-order valence-electron chi connectivity index (χ2n) is 3.91. The molecule has 3 heteroatoms. The van der Waals surface area contributed by atoms with Crippen LogP contribution in [0.4, 0.5) is 4.39 Å². The van der Waals surface area contributed by atoms with Crippen molar-refractivity contribution in [2.24, 2.45) is 0 Å². The monoisotopic (exact) mass is 241 g/mol. The number of hydrogen-bond acceptors (Lipinski definition) is 2. The summed E-state index contributed by atoms with van der Waals surface area (Å²) in [6.45, 7) is 0.843. The molecule has 0 saturated carbocycles. The summed E-state index contributed by atoms with van der Waals surface area (Å²) in [7, 11) is 1.92. The predicted octanol–water partition coefficient (Wildman–Crippen LogP) is 3.27. The lowest BCUT2D eigenvalue weighted by atomic mass is 9.94. The first kappa shape index (κ1) is 13.5. The van der Waals surface area contributed by atoms with E-state index in [1.807, 2.05) is 30.9 Å². The van der Waals surface area contributed by atoms with Crippen molar-refractivity contribution in [3.8, 4) is 0 Å². The second-order valence-corrected chi connectivity index (χ2v) is 4.90. The number of rotatable bonds is 7. The molecule has 1 N–H and O–H groups in total. The van der Waals surface area contributed by atoms with Crippen LogP contribution in [-0.4, -0.2) is 25.6 Å². The van der Waals surface area contributed by atoms with Crippen LogP contribution in [0.15, 0.2) is 24.3 Å². The average Bonchev–Trinajstić information content (AvgIpc) is 2.29. The Hall–Kier alpha value is -0.540. The minimum absolute atomic E-state index is 0.0769. The summed E-state index contributed by atoms with van der Waals surface area (Å²) in [6.07, 6.45) is 4.29. The molecule has 1 aromatic carbocycles. The lowest BCUT2D eigenvalue weighted by Crippen LogP contribution is -2.18. The summed E-state index contributed by atoms with van der Waals surface area (Å²) in [5.74, 6) is 1.36. The number of thioether (sulfide) groups is 1. The third kappa shape index (κ3) is 4.14. The summed E-state index contributed by atoms with van der Waals surface area (Å²) < 4.78 is 13.6. The molecule has 0 amide bonds. The minimum Gasteiger partial charge on any atom is -0.319 e. The molecule has 1 rings (SSSR count). The van der Waals surface area contributed by atoms with E-state index in [1.165, 1.54) is 0 Å². The molecular weight excluding hydrogens is 221 g/mol. The van der Waals surface area contributed by atoms with E-state index >= 15 is 0 Å². The Morgan fingerprint density at radius 1 is 1.38 bits per heavy atom. The van der Waals surface area contributed by atoms with E-state index in [9.17, 15) is 4.39 Å². The Labute approximate surface area is 102 Å². The summed E-state index contributed by atoms with van der Waals surface area (Å²) in [6, 6.07) is 7.11. The van der Waals surface area contributed by atoms with Gasteiger partial charge in [0.25, 0.3) is 0 Å². The highest BCUT2D eigenvalue weighted by atomic mass is 32.2. The molecule has 1 nitrogen and oxygen atoms in total. The van der Waals surface area contributed by atoms with Crippen LogP contribution in [0.25, 0.3) is 0 Å². The van der Waals surface area contributed by atoms with E-state index in [0.29, 0.717) is 5.92 Å². The van der Waals surface area contributed by atoms with Crippen molar-refractivity contribution >= 4 is 11.8 Å². The van der Waals surface area contributed by atoms with Gasteiger partial charge in [-0.05, 0) is 49.4 Å². The van der Waals surface area contributed by atoms with E-state index in [-0.39, 0.29) is 5.82 Å². The highest BCUT2D eigenvalue weighted by Gasteiger charge is 2.13. The molecule has 0 saturated heterocycles. The highest BCUT2D eigenvalue weighted by Crippen LogP contribution is 2.23. The molecule has 0 bridgehead atoms. The number of halogens is 1. The summed E-state index contributed by atoms with van der Waals surface area (Å²) >= 11 is 1.85. The first-order valence-corrected chi connectivity index (χ1v) is 7.07. The van der Waals surface area contributed by atoms with Gasteiger partial charge in [0.15, 0.2) is 0 Å². The van der Waals surface area contributed by atoms with Gasteiger partial charge >= 0.3 is 0 Å². The molecule has 0 heterocycles. The average molecular weight is 241 g/mol. The predicted molar refractivity (Wildman–Crippen MR) is 70.7 cm³/mol. The van der Waals surface area contributed by atoms with Gasteiger partial charge in [-0.1, -0.05) is 18.2 Å². The zero-order valence-electron chi connectivity index (χ0n) is 10.0. The standard InChI is InChI=1S/C13H20FNS/c1-15-10-11(6-5-9-16-2)12-7-3-4-8-13(12)14/h3-4,7-8,11,15H,5-6,9-10H2,1-2H3. The second kappa shape index (κ2) is 7.69. The zero-order chi connectivity index (χ0) is 11.8. The Morgan fingerprint density at radius 3 is 2.75 bits per heavy atom. The summed E-state index contributed by atoms with van der Waals surface area (Å²) in [5, 5.41) is 3.15. The first-order valence-electron chi connectivity index (χ1n) is 5.67. The van der Waals surface area contributed by atoms with Crippen LogP contribution in [0, 0.1) is 5.82 Å². The number of hydrogen-bond donors (Lipinski definition) is 1. The van der Waals surface area contributed by atoms with Gasteiger partial charge in [0.05, 0.1) is 0 Å². The molecule has 0 aliphatic carbocycles. The maximum absolute atomic E-state index is 13.6. The Balaban J connectivity index is 2.65. The zero-order valence-corrected chi connectivity index (χ0v) is 10.8. The van der Waals surface area contributed by atoms with E-state index < -0.39 is 0 Å². The smallest absolute Gasteiger partial charge is 0.126 e. The van der Waals surface area contributed by atoms with E-state index in [1.54, 1.807) is 12.1 Å². The molecule has 0 aliphatic rings. The molecule has 0 fully saturated rings. The van der Waals surface area contributed by atoms with Crippen LogP contribution in [-0.2, 0) is 0 Å². The van der Waals surface area contributed by atoms with Crippen LogP contribution in [0.5, 0.6) is 0 Å². The third-order valence-corrected chi connectivity index (χ3v) is 3.39. The molecule has 1 aromatic rings. The Morgan fingerprint density at radius 2 is 2.12 bits per heavy atom. The number of benzene rings is 1. The van der Waals surface area contributed by atoms with Crippen molar-refractivity contribution in [3.63, 3.8) is 0 Å². The maximum atomic E-state index is 13.6. The summed E-state index contributed by atoms with van der Waals surface area (Å²) in [4.78, 5) is 0. The van der Waals surface area contributed by atoms with Crippen LogP contribution in [0.3, 0.4) is 0 Å². The van der Waals surface area contributed by atoms with Crippen molar-refractivity contribution in [2.45, 2.75) is 18.8 Å². The van der Waals surface area contributed by atoms with Crippen molar-refractivity contribution in [3.05, 3.63) is 35.6 Å². The minimum atomic E-state index is -0.0769.